The third-order valence-electron chi connectivity index (χ3n) is 4.36. The molecule has 0 unspecified atom stereocenters. The predicted octanol–water partition coefficient (Wildman–Crippen LogP) is 1.81. The van der Waals surface area contributed by atoms with Gasteiger partial charge in [0.1, 0.15) is 0 Å². The maximum Gasteiger partial charge on any atom is 0.229 e. The standard InChI is InChI=1S/C17H20N2O3/c1-12-4-5-13-3-2-9-18(14(13)11-12)17(22)8-10-19-15(20)6-7-16(19)21/h4-5,11H,2-3,6-10H2,1H3. The van der Waals surface area contributed by atoms with Crippen LogP contribution in [0.2, 0.25) is 0 Å². The molecule has 1 saturated heterocycles. The van der Waals surface area contributed by atoms with Crippen LogP contribution in [0.4, 0.5) is 5.69 Å². The minimum Gasteiger partial charge on any atom is -0.312 e. The van der Waals surface area contributed by atoms with Gasteiger partial charge >= 0.3 is 0 Å². The normalized spacial score (nSPS) is 17.9. The van der Waals surface area contributed by atoms with Crippen molar-refractivity contribution in [3.63, 3.8) is 0 Å². The third-order valence-corrected chi connectivity index (χ3v) is 4.36. The van der Waals surface area contributed by atoms with Crippen LogP contribution in [0.3, 0.4) is 0 Å². The fraction of sp³-hybridized carbons (Fsp3) is 0.471. The quantitative estimate of drug-likeness (QED) is 0.800. The number of amides is 3. The summed E-state index contributed by atoms with van der Waals surface area (Å²) in [6.45, 7) is 2.92. The Morgan fingerprint density at radius 2 is 1.86 bits per heavy atom. The first-order chi connectivity index (χ1) is 10.6. The van der Waals surface area contributed by atoms with Crippen molar-refractivity contribution in [2.24, 2.45) is 0 Å². The van der Waals surface area contributed by atoms with Crippen LogP contribution < -0.4 is 4.90 Å². The predicted molar refractivity (Wildman–Crippen MR) is 82.4 cm³/mol. The number of hydrogen-bond donors (Lipinski definition) is 0. The van der Waals surface area contributed by atoms with E-state index in [0.29, 0.717) is 6.54 Å². The molecule has 2 heterocycles. The number of fused-ring (bicyclic) bond motifs is 1. The SMILES string of the molecule is Cc1ccc2c(c1)N(C(=O)CCN1C(=O)CCC1=O)CCC2. The lowest BCUT2D eigenvalue weighted by Gasteiger charge is -2.30. The molecule has 0 atom stereocenters. The highest BCUT2D eigenvalue weighted by molar-refractivity contribution is 6.02. The van der Waals surface area contributed by atoms with Gasteiger partial charge in [0.25, 0.3) is 0 Å². The molecule has 0 N–H and O–H groups in total. The molecule has 1 aromatic rings. The van der Waals surface area contributed by atoms with E-state index < -0.39 is 0 Å². The third kappa shape index (κ3) is 2.75. The average Bonchev–Trinajstić information content (AvgIpc) is 2.83. The van der Waals surface area contributed by atoms with Gasteiger partial charge in [-0.15, -0.1) is 0 Å². The molecule has 5 heteroatoms. The molecule has 0 radical (unpaired) electrons. The molecule has 1 aromatic carbocycles. The second-order valence-corrected chi connectivity index (χ2v) is 5.97. The first-order valence-electron chi connectivity index (χ1n) is 7.79. The van der Waals surface area contributed by atoms with Crippen molar-refractivity contribution in [3.05, 3.63) is 29.3 Å². The number of aryl methyl sites for hydroxylation is 2. The fourth-order valence-electron chi connectivity index (χ4n) is 3.16. The molecule has 2 aliphatic heterocycles. The van der Waals surface area contributed by atoms with Gasteiger partial charge in [0.2, 0.25) is 17.7 Å². The first-order valence-corrected chi connectivity index (χ1v) is 7.79. The summed E-state index contributed by atoms with van der Waals surface area (Å²) in [5.41, 5.74) is 3.30. The summed E-state index contributed by atoms with van der Waals surface area (Å²) in [7, 11) is 0. The van der Waals surface area contributed by atoms with E-state index in [1.807, 2.05) is 13.0 Å². The van der Waals surface area contributed by atoms with Crippen LogP contribution in [0, 0.1) is 6.92 Å². The fourth-order valence-corrected chi connectivity index (χ4v) is 3.16. The van der Waals surface area contributed by atoms with E-state index >= 15 is 0 Å². The van der Waals surface area contributed by atoms with E-state index in [-0.39, 0.29) is 43.5 Å². The number of benzene rings is 1. The Bertz CT molecular complexity index is 623. The van der Waals surface area contributed by atoms with Gasteiger partial charge in [-0.3, -0.25) is 19.3 Å². The Balaban J connectivity index is 1.70. The van der Waals surface area contributed by atoms with Crippen molar-refractivity contribution in [1.29, 1.82) is 0 Å². The largest absolute Gasteiger partial charge is 0.312 e. The molecule has 1 fully saturated rings. The van der Waals surface area contributed by atoms with Gasteiger partial charge in [0.05, 0.1) is 0 Å². The second kappa shape index (κ2) is 5.91. The van der Waals surface area contributed by atoms with Gasteiger partial charge in [-0.05, 0) is 37.0 Å². The van der Waals surface area contributed by atoms with Crippen molar-refractivity contribution in [2.75, 3.05) is 18.0 Å². The van der Waals surface area contributed by atoms with Crippen LogP contribution in [0.1, 0.15) is 36.8 Å². The van der Waals surface area contributed by atoms with Crippen LogP contribution in [-0.2, 0) is 20.8 Å². The van der Waals surface area contributed by atoms with E-state index in [2.05, 4.69) is 12.1 Å². The number of rotatable bonds is 3. The van der Waals surface area contributed by atoms with Crippen LogP contribution in [-0.4, -0.2) is 35.7 Å². The summed E-state index contributed by atoms with van der Waals surface area (Å²) in [6.07, 6.45) is 2.69. The average molecular weight is 300 g/mol. The van der Waals surface area contributed by atoms with Crippen LogP contribution in [0.25, 0.3) is 0 Å². The van der Waals surface area contributed by atoms with Gasteiger partial charge in [-0.25, -0.2) is 0 Å². The van der Waals surface area contributed by atoms with E-state index in [4.69, 9.17) is 0 Å². The van der Waals surface area contributed by atoms with Crippen molar-refractivity contribution >= 4 is 23.4 Å². The summed E-state index contributed by atoms with van der Waals surface area (Å²) >= 11 is 0. The lowest BCUT2D eigenvalue weighted by Crippen LogP contribution is -2.39. The zero-order chi connectivity index (χ0) is 15.7. The molecular weight excluding hydrogens is 280 g/mol. The van der Waals surface area contributed by atoms with Crippen LogP contribution in [0.15, 0.2) is 18.2 Å². The molecule has 0 bridgehead atoms. The van der Waals surface area contributed by atoms with Crippen molar-refractivity contribution in [3.8, 4) is 0 Å². The molecule has 3 amide bonds. The number of carbonyl (C=O) groups is 3. The zero-order valence-electron chi connectivity index (χ0n) is 12.8. The Morgan fingerprint density at radius 1 is 1.14 bits per heavy atom. The minimum absolute atomic E-state index is 0.0148. The summed E-state index contributed by atoms with van der Waals surface area (Å²) < 4.78 is 0. The van der Waals surface area contributed by atoms with Gasteiger partial charge in [0, 0.05) is 38.0 Å². The maximum atomic E-state index is 12.5. The van der Waals surface area contributed by atoms with Gasteiger partial charge < -0.3 is 4.90 Å². The maximum absolute atomic E-state index is 12.5. The zero-order valence-corrected chi connectivity index (χ0v) is 12.8. The van der Waals surface area contributed by atoms with Gasteiger partial charge in [0.15, 0.2) is 0 Å². The summed E-state index contributed by atoms with van der Waals surface area (Å²) in [6, 6.07) is 6.19. The molecule has 3 rings (SSSR count). The number of nitrogens with zero attached hydrogens (tertiary/aromatic N) is 2. The molecule has 0 aliphatic carbocycles. The molecule has 116 valence electrons. The van der Waals surface area contributed by atoms with Crippen molar-refractivity contribution in [1.82, 2.24) is 4.90 Å². The summed E-state index contributed by atoms with van der Waals surface area (Å²) in [5.74, 6) is -0.334. The Hall–Kier alpha value is -2.17. The number of imide groups is 1. The number of carbonyl (C=O) groups excluding carboxylic acids is 3. The lowest BCUT2D eigenvalue weighted by atomic mass is 9.99. The lowest BCUT2D eigenvalue weighted by molar-refractivity contribution is -0.138. The van der Waals surface area contributed by atoms with E-state index in [1.165, 1.54) is 10.5 Å². The molecule has 5 nitrogen and oxygen atoms in total. The first kappa shape index (κ1) is 14.8. The van der Waals surface area contributed by atoms with E-state index in [1.54, 1.807) is 4.90 Å². The topological polar surface area (TPSA) is 57.7 Å². The molecule has 0 aromatic heterocycles. The molecular formula is C17H20N2O3. The van der Waals surface area contributed by atoms with Crippen molar-refractivity contribution in [2.45, 2.75) is 39.0 Å². The number of likely N-dealkylation sites (tertiary alicyclic amines) is 1. The van der Waals surface area contributed by atoms with Crippen molar-refractivity contribution < 1.29 is 14.4 Å². The Kier molecular flexibility index (Phi) is 3.96. The smallest absolute Gasteiger partial charge is 0.229 e. The molecule has 0 saturated carbocycles. The van der Waals surface area contributed by atoms with E-state index in [9.17, 15) is 14.4 Å². The number of hydrogen-bond acceptors (Lipinski definition) is 3. The Morgan fingerprint density at radius 3 is 2.59 bits per heavy atom. The highest BCUT2D eigenvalue weighted by Crippen LogP contribution is 2.28. The highest BCUT2D eigenvalue weighted by atomic mass is 16.2. The highest BCUT2D eigenvalue weighted by Gasteiger charge is 2.30. The minimum atomic E-state index is -0.160. The molecule has 22 heavy (non-hydrogen) atoms. The van der Waals surface area contributed by atoms with E-state index in [0.717, 1.165) is 24.1 Å². The monoisotopic (exact) mass is 300 g/mol. The second-order valence-electron chi connectivity index (χ2n) is 5.97. The van der Waals surface area contributed by atoms with Gasteiger partial charge in [-0.1, -0.05) is 12.1 Å². The molecule has 2 aliphatic rings. The molecule has 0 spiro atoms. The Labute approximate surface area is 129 Å². The van der Waals surface area contributed by atoms with Crippen LogP contribution in [0.5, 0.6) is 0 Å². The number of anilines is 1. The van der Waals surface area contributed by atoms with Gasteiger partial charge in [-0.2, -0.15) is 0 Å². The van der Waals surface area contributed by atoms with Crippen LogP contribution >= 0.6 is 0 Å². The summed E-state index contributed by atoms with van der Waals surface area (Å²) in [5, 5.41) is 0. The summed E-state index contributed by atoms with van der Waals surface area (Å²) in [4.78, 5) is 38.7.